The molecule has 1 saturated heterocycles. The van der Waals surface area contributed by atoms with Crippen molar-refractivity contribution in [2.45, 2.75) is 18.8 Å². The third-order valence-corrected chi connectivity index (χ3v) is 5.51. The summed E-state index contributed by atoms with van der Waals surface area (Å²) in [6.45, 7) is 1.85. The van der Waals surface area contributed by atoms with Crippen LogP contribution in [0.15, 0.2) is 77.3 Å². The van der Waals surface area contributed by atoms with Crippen molar-refractivity contribution in [3.63, 3.8) is 0 Å². The molecule has 0 radical (unpaired) electrons. The fraction of sp³-hybridized carbons (Fsp3) is 0.208. The van der Waals surface area contributed by atoms with Crippen LogP contribution >= 0.6 is 0 Å². The Bertz CT molecular complexity index is 1120. The summed E-state index contributed by atoms with van der Waals surface area (Å²) >= 11 is 0. The number of benzene rings is 3. The van der Waals surface area contributed by atoms with Crippen LogP contribution in [0.4, 0.5) is 10.1 Å². The van der Waals surface area contributed by atoms with Gasteiger partial charge in [0, 0.05) is 42.2 Å². The number of piperidine rings is 1. The lowest BCUT2D eigenvalue weighted by Crippen LogP contribution is -2.32. The molecule has 1 aliphatic heterocycles. The number of aromatic nitrogens is 1. The highest BCUT2D eigenvalue weighted by Gasteiger charge is 2.25. The molecule has 4 nitrogen and oxygen atoms in total. The predicted molar refractivity (Wildman–Crippen MR) is 111 cm³/mol. The maximum absolute atomic E-state index is 13.4. The number of hydrogen-bond donors (Lipinski definition) is 0. The highest BCUT2D eigenvalue weighted by atomic mass is 19.1. The zero-order chi connectivity index (χ0) is 19.6. The Kier molecular flexibility index (Phi) is 4.64. The van der Waals surface area contributed by atoms with Crippen LogP contribution in [0.3, 0.4) is 0 Å². The molecule has 0 atom stereocenters. The van der Waals surface area contributed by atoms with Gasteiger partial charge in [0.1, 0.15) is 17.3 Å². The first-order valence-electron chi connectivity index (χ1n) is 9.89. The molecule has 1 fully saturated rings. The van der Waals surface area contributed by atoms with Gasteiger partial charge in [-0.2, -0.15) is 0 Å². The van der Waals surface area contributed by atoms with Gasteiger partial charge in [-0.1, -0.05) is 29.4 Å². The average Bonchev–Trinajstić information content (AvgIpc) is 3.18. The van der Waals surface area contributed by atoms with E-state index >= 15 is 0 Å². The largest absolute Gasteiger partial charge is 0.457 e. The zero-order valence-corrected chi connectivity index (χ0v) is 15.9. The Labute approximate surface area is 168 Å². The molecule has 0 saturated carbocycles. The van der Waals surface area contributed by atoms with Crippen molar-refractivity contribution in [3.05, 3.63) is 84.3 Å². The zero-order valence-electron chi connectivity index (χ0n) is 15.9. The van der Waals surface area contributed by atoms with Crippen molar-refractivity contribution in [1.29, 1.82) is 0 Å². The molecule has 0 bridgehead atoms. The molecular formula is C24H21FN2O2. The van der Waals surface area contributed by atoms with E-state index in [1.807, 2.05) is 42.5 Å². The molecule has 0 aliphatic carbocycles. The Balaban J connectivity index is 1.28. The fourth-order valence-corrected chi connectivity index (χ4v) is 4.00. The number of anilines is 1. The normalized spacial score (nSPS) is 15.0. The Morgan fingerprint density at radius 1 is 0.897 bits per heavy atom. The quantitative estimate of drug-likeness (QED) is 0.421. The smallest absolute Gasteiger partial charge is 0.170 e. The Morgan fingerprint density at radius 3 is 2.52 bits per heavy atom. The van der Waals surface area contributed by atoms with Crippen molar-refractivity contribution in [3.8, 4) is 11.5 Å². The van der Waals surface area contributed by atoms with Crippen molar-refractivity contribution in [2.75, 3.05) is 18.0 Å². The van der Waals surface area contributed by atoms with Crippen molar-refractivity contribution in [2.24, 2.45) is 0 Å². The molecule has 5 rings (SSSR count). The molecule has 29 heavy (non-hydrogen) atoms. The molecule has 146 valence electrons. The maximum Gasteiger partial charge on any atom is 0.170 e. The molecular weight excluding hydrogens is 367 g/mol. The number of hydrogen-bond acceptors (Lipinski definition) is 4. The molecule has 0 spiro atoms. The molecule has 3 aromatic carbocycles. The van der Waals surface area contributed by atoms with Gasteiger partial charge in [0.05, 0.1) is 5.69 Å². The fourth-order valence-electron chi connectivity index (χ4n) is 4.00. The highest BCUT2D eigenvalue weighted by molar-refractivity contribution is 5.80. The van der Waals surface area contributed by atoms with Gasteiger partial charge in [-0.3, -0.25) is 0 Å². The van der Waals surface area contributed by atoms with Crippen LogP contribution in [0.2, 0.25) is 0 Å². The Morgan fingerprint density at radius 2 is 1.69 bits per heavy atom. The van der Waals surface area contributed by atoms with Gasteiger partial charge in [0.15, 0.2) is 5.58 Å². The third-order valence-electron chi connectivity index (χ3n) is 5.51. The van der Waals surface area contributed by atoms with Gasteiger partial charge in [-0.15, -0.1) is 0 Å². The van der Waals surface area contributed by atoms with Crippen LogP contribution in [0.1, 0.15) is 24.5 Å². The average molecular weight is 388 g/mol. The highest BCUT2D eigenvalue weighted by Crippen LogP contribution is 2.35. The van der Waals surface area contributed by atoms with Gasteiger partial charge in [-0.05, 0) is 49.2 Å². The minimum Gasteiger partial charge on any atom is -0.457 e. The van der Waals surface area contributed by atoms with Crippen LogP contribution in [0.5, 0.6) is 11.5 Å². The lowest BCUT2D eigenvalue weighted by atomic mass is 9.91. The summed E-state index contributed by atoms with van der Waals surface area (Å²) in [4.78, 5) is 2.37. The maximum atomic E-state index is 13.4. The molecule has 1 aliphatic rings. The Hall–Kier alpha value is -3.34. The van der Waals surface area contributed by atoms with E-state index in [9.17, 15) is 4.39 Å². The molecule has 4 aromatic rings. The summed E-state index contributed by atoms with van der Waals surface area (Å²) in [6.07, 6.45) is 1.95. The standard InChI is InChI=1S/C24H21FN2O2/c25-18-9-10-22-23(15-18)29-26-24(22)17-11-13-27(14-12-17)19-5-4-8-21(16-19)28-20-6-2-1-3-7-20/h1-10,15-17H,11-14H2. The molecule has 5 heteroatoms. The second-order valence-corrected chi connectivity index (χ2v) is 7.38. The van der Waals surface area contributed by atoms with Crippen molar-refractivity contribution >= 4 is 16.7 Å². The second-order valence-electron chi connectivity index (χ2n) is 7.38. The molecule has 1 aromatic heterocycles. The van der Waals surface area contributed by atoms with E-state index in [2.05, 4.69) is 22.2 Å². The lowest BCUT2D eigenvalue weighted by molar-refractivity contribution is 0.416. The van der Waals surface area contributed by atoms with Crippen LogP contribution in [-0.2, 0) is 0 Å². The van der Waals surface area contributed by atoms with E-state index in [0.29, 0.717) is 11.5 Å². The molecule has 2 heterocycles. The van der Waals surface area contributed by atoms with E-state index < -0.39 is 0 Å². The summed E-state index contributed by atoms with van der Waals surface area (Å²) in [6, 6.07) is 22.7. The van der Waals surface area contributed by atoms with Crippen LogP contribution in [0.25, 0.3) is 11.0 Å². The van der Waals surface area contributed by atoms with E-state index in [-0.39, 0.29) is 5.82 Å². The summed E-state index contributed by atoms with van der Waals surface area (Å²) in [5.41, 5.74) is 2.62. The summed E-state index contributed by atoms with van der Waals surface area (Å²) in [5, 5.41) is 5.16. The molecule has 0 unspecified atom stereocenters. The van der Waals surface area contributed by atoms with E-state index in [4.69, 9.17) is 9.26 Å². The number of fused-ring (bicyclic) bond motifs is 1. The number of para-hydroxylation sites is 1. The van der Waals surface area contributed by atoms with Gasteiger partial charge >= 0.3 is 0 Å². The second kappa shape index (κ2) is 7.59. The topological polar surface area (TPSA) is 38.5 Å². The molecule has 0 N–H and O–H groups in total. The van der Waals surface area contributed by atoms with Crippen molar-refractivity contribution in [1.82, 2.24) is 5.16 Å². The SMILES string of the molecule is Fc1ccc2c(C3CCN(c4cccc(Oc5ccccc5)c4)CC3)noc2c1. The number of halogens is 1. The first-order chi connectivity index (χ1) is 14.3. The number of nitrogens with zero attached hydrogens (tertiary/aromatic N) is 2. The predicted octanol–water partition coefficient (Wildman–Crippen LogP) is 6.14. The lowest BCUT2D eigenvalue weighted by Gasteiger charge is -2.33. The van der Waals surface area contributed by atoms with Gasteiger partial charge < -0.3 is 14.2 Å². The first kappa shape index (κ1) is 17.7. The molecule has 0 amide bonds. The summed E-state index contributed by atoms with van der Waals surface area (Å²) < 4.78 is 24.7. The number of rotatable bonds is 4. The summed E-state index contributed by atoms with van der Waals surface area (Å²) in [5.74, 6) is 1.69. The first-order valence-corrected chi connectivity index (χ1v) is 9.89. The van der Waals surface area contributed by atoms with Crippen LogP contribution in [0, 0.1) is 5.82 Å². The van der Waals surface area contributed by atoms with Crippen LogP contribution < -0.4 is 9.64 Å². The van der Waals surface area contributed by atoms with Gasteiger partial charge in [-0.25, -0.2) is 4.39 Å². The minimum absolute atomic E-state index is 0.298. The van der Waals surface area contributed by atoms with E-state index in [0.717, 1.165) is 54.2 Å². The third kappa shape index (κ3) is 3.68. The van der Waals surface area contributed by atoms with Crippen molar-refractivity contribution < 1.29 is 13.7 Å². The summed E-state index contributed by atoms with van der Waals surface area (Å²) in [7, 11) is 0. The minimum atomic E-state index is -0.298. The number of ether oxygens (including phenoxy) is 1. The van der Waals surface area contributed by atoms with E-state index in [1.54, 1.807) is 6.07 Å². The van der Waals surface area contributed by atoms with E-state index in [1.165, 1.54) is 12.1 Å². The van der Waals surface area contributed by atoms with Crippen LogP contribution in [-0.4, -0.2) is 18.2 Å². The van der Waals surface area contributed by atoms with Gasteiger partial charge in [0.2, 0.25) is 0 Å². The van der Waals surface area contributed by atoms with Gasteiger partial charge in [0.25, 0.3) is 0 Å². The monoisotopic (exact) mass is 388 g/mol.